The first-order chi connectivity index (χ1) is 27.3. The summed E-state index contributed by atoms with van der Waals surface area (Å²) in [4.78, 5) is 4.74. The van der Waals surface area contributed by atoms with E-state index in [0.29, 0.717) is 0 Å². The molecule has 0 heterocycles. The van der Waals surface area contributed by atoms with Gasteiger partial charge in [0.25, 0.3) is 0 Å². The Morgan fingerprint density at radius 1 is 0.368 bits per heavy atom. The van der Waals surface area contributed by atoms with Crippen molar-refractivity contribution in [3.05, 3.63) is 192 Å². The topological polar surface area (TPSA) is 6.48 Å². The molecule has 1 aliphatic rings. The van der Waals surface area contributed by atoms with E-state index in [1.807, 2.05) is 0 Å². The third-order valence-electron chi connectivity index (χ3n) is 11.6. The fourth-order valence-corrected chi connectivity index (χ4v) is 10.5. The lowest BCUT2D eigenvalue weighted by Gasteiger charge is -2.28. The van der Waals surface area contributed by atoms with E-state index >= 15 is 0 Å². The maximum Gasteiger partial charge on any atom is 0.0775 e. The quantitative estimate of drug-likeness (QED) is 0.101. The lowest BCUT2D eigenvalue weighted by molar-refractivity contribution is 0.660. The molecule has 0 fully saturated rings. The summed E-state index contributed by atoms with van der Waals surface area (Å²) in [6, 6.07) is 62.8. The minimum Gasteiger partial charge on any atom is -0.311 e. The van der Waals surface area contributed by atoms with E-state index in [-0.39, 0.29) is 5.41 Å². The first-order valence-electron chi connectivity index (χ1n) is 20.3. The van der Waals surface area contributed by atoms with E-state index in [4.69, 9.17) is 0 Å². The van der Waals surface area contributed by atoms with Gasteiger partial charge < -0.3 is 9.80 Å². The Bertz CT molecular complexity index is 2430. The van der Waals surface area contributed by atoms with Crippen molar-refractivity contribution in [3.8, 4) is 11.1 Å². The van der Waals surface area contributed by atoms with Crippen LogP contribution in [0.25, 0.3) is 23.3 Å². The molecule has 57 heavy (non-hydrogen) atoms. The second-order valence-corrected chi connectivity index (χ2v) is 28.2. The average Bonchev–Trinajstić information content (AvgIpc) is 3.43. The number of rotatable bonds is 10. The van der Waals surface area contributed by atoms with Crippen LogP contribution in [0.3, 0.4) is 0 Å². The minimum absolute atomic E-state index is 0.144. The Labute approximate surface area is 342 Å². The summed E-state index contributed by atoms with van der Waals surface area (Å²) in [6.07, 6.45) is 4.50. The zero-order valence-corrected chi connectivity index (χ0v) is 36.7. The smallest absolute Gasteiger partial charge is 0.0775 e. The fourth-order valence-electron chi connectivity index (χ4n) is 8.18. The molecule has 0 aliphatic heterocycles. The molecule has 7 aromatic carbocycles. The van der Waals surface area contributed by atoms with Gasteiger partial charge in [-0.25, -0.2) is 0 Å². The molecule has 0 saturated heterocycles. The number of anilines is 6. The van der Waals surface area contributed by atoms with Crippen molar-refractivity contribution in [1.82, 2.24) is 0 Å². The van der Waals surface area contributed by atoms with Crippen LogP contribution in [0, 0.1) is 0 Å². The Balaban J connectivity index is 1.07. The van der Waals surface area contributed by atoms with Gasteiger partial charge in [0.1, 0.15) is 0 Å². The summed E-state index contributed by atoms with van der Waals surface area (Å²) in [5, 5.41) is 2.95. The summed E-state index contributed by atoms with van der Waals surface area (Å²) in [7, 11) is -2.81. The third kappa shape index (κ3) is 7.72. The number of hydrogen-bond acceptors (Lipinski definition) is 2. The predicted molar refractivity (Wildman–Crippen MR) is 255 cm³/mol. The number of fused-ring (bicyclic) bond motifs is 3. The Kier molecular flexibility index (Phi) is 10.1. The molecule has 0 N–H and O–H groups in total. The van der Waals surface area contributed by atoms with E-state index in [9.17, 15) is 0 Å². The van der Waals surface area contributed by atoms with Crippen LogP contribution in [0.4, 0.5) is 34.1 Å². The van der Waals surface area contributed by atoms with Crippen LogP contribution in [0.15, 0.2) is 170 Å². The molecule has 284 valence electrons. The summed E-state index contributed by atoms with van der Waals surface area (Å²) in [6.45, 7) is 19.2. The second kappa shape index (κ2) is 15.0. The van der Waals surface area contributed by atoms with Gasteiger partial charge in [-0.05, 0) is 106 Å². The van der Waals surface area contributed by atoms with Gasteiger partial charge in [-0.2, -0.15) is 0 Å². The molecule has 0 bridgehead atoms. The van der Waals surface area contributed by atoms with Crippen molar-refractivity contribution in [2.24, 2.45) is 0 Å². The molecular formula is C53H54N2Si2. The first-order valence-corrected chi connectivity index (χ1v) is 27.3. The van der Waals surface area contributed by atoms with Crippen molar-refractivity contribution in [2.45, 2.75) is 58.5 Å². The zero-order chi connectivity index (χ0) is 40.0. The molecule has 0 spiro atoms. The van der Waals surface area contributed by atoms with Crippen LogP contribution in [0.5, 0.6) is 0 Å². The van der Waals surface area contributed by atoms with Gasteiger partial charge in [0.15, 0.2) is 0 Å². The standard InChI is InChI=1S/C53H54N2Si2/c1-53(2)51-37-40(23-35-49(51)50-36-30-46(38-52(50)53)55(41-15-11-9-12-16-41)42-17-13-10-14-18-42)20-19-39-21-24-43(25-22-39)54(44-26-31-47(32-27-44)56(3,4)5)45-28-33-48(34-29-45)57(6,7)8/h9-38H,1-8H3/b20-19+. The van der Waals surface area contributed by atoms with E-state index in [2.05, 4.69) is 245 Å². The molecule has 1 aliphatic carbocycles. The van der Waals surface area contributed by atoms with Crippen molar-refractivity contribution in [1.29, 1.82) is 0 Å². The van der Waals surface area contributed by atoms with E-state index in [1.54, 1.807) is 0 Å². The lowest BCUT2D eigenvalue weighted by atomic mass is 9.81. The molecule has 7 aromatic rings. The normalized spacial score (nSPS) is 13.3. The highest BCUT2D eigenvalue weighted by Gasteiger charge is 2.36. The van der Waals surface area contributed by atoms with E-state index in [1.165, 1.54) is 60.8 Å². The van der Waals surface area contributed by atoms with Crippen LogP contribution in [-0.2, 0) is 5.41 Å². The van der Waals surface area contributed by atoms with Crippen molar-refractivity contribution >= 4 is 72.8 Å². The van der Waals surface area contributed by atoms with Gasteiger partial charge in [0.05, 0.1) is 16.1 Å². The first kappa shape index (κ1) is 38.2. The molecule has 0 unspecified atom stereocenters. The Morgan fingerprint density at radius 2 is 0.719 bits per heavy atom. The molecular weight excluding hydrogens is 721 g/mol. The van der Waals surface area contributed by atoms with Crippen molar-refractivity contribution in [2.75, 3.05) is 9.80 Å². The summed E-state index contributed by atoms with van der Waals surface area (Å²) in [5.41, 5.74) is 14.6. The summed E-state index contributed by atoms with van der Waals surface area (Å²) < 4.78 is 0. The van der Waals surface area contributed by atoms with Gasteiger partial charge >= 0.3 is 0 Å². The maximum absolute atomic E-state index is 2.41. The number of benzene rings is 7. The number of nitrogens with zero attached hydrogens (tertiary/aromatic N) is 2. The zero-order valence-electron chi connectivity index (χ0n) is 34.7. The Morgan fingerprint density at radius 3 is 1.19 bits per heavy atom. The molecule has 0 aromatic heterocycles. The molecule has 2 nitrogen and oxygen atoms in total. The number of hydrogen-bond donors (Lipinski definition) is 0. The summed E-state index contributed by atoms with van der Waals surface area (Å²) in [5.74, 6) is 0. The lowest BCUT2D eigenvalue weighted by Crippen LogP contribution is -2.37. The van der Waals surface area contributed by atoms with Gasteiger partial charge in [0.2, 0.25) is 0 Å². The Hall–Kier alpha value is -5.69. The van der Waals surface area contributed by atoms with Gasteiger partial charge in [-0.15, -0.1) is 0 Å². The fraction of sp³-hybridized carbons (Fsp3) is 0.170. The molecule has 4 heteroatoms. The molecule has 0 atom stereocenters. The predicted octanol–water partition coefficient (Wildman–Crippen LogP) is 14.2. The van der Waals surface area contributed by atoms with Crippen LogP contribution in [0.2, 0.25) is 39.3 Å². The van der Waals surface area contributed by atoms with Crippen LogP contribution >= 0.6 is 0 Å². The largest absolute Gasteiger partial charge is 0.311 e. The van der Waals surface area contributed by atoms with Gasteiger partial charge in [-0.1, -0.05) is 173 Å². The highest BCUT2D eigenvalue weighted by molar-refractivity contribution is 6.89. The van der Waals surface area contributed by atoms with E-state index in [0.717, 1.165) is 17.1 Å². The third-order valence-corrected chi connectivity index (χ3v) is 15.7. The highest BCUT2D eigenvalue weighted by Crippen LogP contribution is 2.51. The van der Waals surface area contributed by atoms with Gasteiger partial charge in [0, 0.05) is 39.5 Å². The summed E-state index contributed by atoms with van der Waals surface area (Å²) >= 11 is 0. The van der Waals surface area contributed by atoms with Crippen molar-refractivity contribution in [3.63, 3.8) is 0 Å². The van der Waals surface area contributed by atoms with Crippen molar-refractivity contribution < 1.29 is 0 Å². The number of para-hydroxylation sites is 2. The van der Waals surface area contributed by atoms with E-state index < -0.39 is 16.1 Å². The highest BCUT2D eigenvalue weighted by atomic mass is 28.3. The van der Waals surface area contributed by atoms with Crippen LogP contribution < -0.4 is 20.2 Å². The SMILES string of the molecule is CC1(C)c2cc(/C=C/c3ccc(N(c4ccc([Si](C)(C)C)cc4)c4ccc([Si](C)(C)C)cc4)cc3)ccc2-c2ccc(N(c3ccccc3)c3ccccc3)cc21. The van der Waals surface area contributed by atoms with Crippen LogP contribution in [0.1, 0.15) is 36.1 Å². The molecule has 0 radical (unpaired) electrons. The molecule has 8 rings (SSSR count). The molecule has 0 saturated carbocycles. The molecule has 0 amide bonds. The second-order valence-electron chi connectivity index (χ2n) is 18.0. The maximum atomic E-state index is 2.41. The average molecular weight is 775 g/mol. The van der Waals surface area contributed by atoms with Gasteiger partial charge in [-0.3, -0.25) is 0 Å². The minimum atomic E-state index is -1.41. The van der Waals surface area contributed by atoms with Crippen LogP contribution in [-0.4, -0.2) is 16.1 Å². The monoisotopic (exact) mass is 774 g/mol.